The third-order valence-electron chi connectivity index (χ3n) is 3.92. The highest BCUT2D eigenvalue weighted by molar-refractivity contribution is 14.0. The molecule has 9 heteroatoms. The lowest BCUT2D eigenvalue weighted by atomic mass is 10.1. The van der Waals surface area contributed by atoms with E-state index in [1.807, 2.05) is 25.5 Å². The second-order valence-electron chi connectivity index (χ2n) is 6.00. The van der Waals surface area contributed by atoms with Crippen molar-refractivity contribution in [3.8, 4) is 0 Å². The number of rotatable bonds is 6. The first kappa shape index (κ1) is 23.7. The molecule has 1 atom stereocenters. The Balaban J connectivity index is 0.00000364. The van der Waals surface area contributed by atoms with Gasteiger partial charge in [-0.25, -0.2) is 0 Å². The van der Waals surface area contributed by atoms with E-state index in [-0.39, 0.29) is 30.0 Å². The number of alkyl halides is 3. The van der Waals surface area contributed by atoms with Crippen molar-refractivity contribution in [1.29, 1.82) is 0 Å². The molecule has 1 aromatic heterocycles. The van der Waals surface area contributed by atoms with Crippen LogP contribution in [0.5, 0.6) is 0 Å². The molecule has 1 aromatic carbocycles. The van der Waals surface area contributed by atoms with Crippen LogP contribution in [0.4, 0.5) is 13.2 Å². The Kier molecular flexibility index (Phi) is 9.54. The highest BCUT2D eigenvalue weighted by Gasteiger charge is 2.29. The molecule has 0 fully saturated rings. The molecule has 2 rings (SSSR count). The molecule has 0 bridgehead atoms. The maximum Gasteiger partial charge on any atom is 0.416 e. The van der Waals surface area contributed by atoms with Gasteiger partial charge in [0.15, 0.2) is 5.96 Å². The third kappa shape index (κ3) is 7.30. The van der Waals surface area contributed by atoms with E-state index in [0.29, 0.717) is 19.0 Å². The quantitative estimate of drug-likeness (QED) is 0.344. The van der Waals surface area contributed by atoms with Crippen molar-refractivity contribution < 1.29 is 13.2 Å². The third-order valence-corrected chi connectivity index (χ3v) is 4.90. The van der Waals surface area contributed by atoms with Gasteiger partial charge < -0.3 is 15.5 Å². The number of nitrogens with one attached hydrogen (secondary N) is 2. The van der Waals surface area contributed by atoms with Crippen molar-refractivity contribution in [2.75, 3.05) is 27.7 Å². The van der Waals surface area contributed by atoms with E-state index in [1.165, 1.54) is 17.0 Å². The minimum atomic E-state index is -4.31. The average Bonchev–Trinajstić information content (AvgIpc) is 3.11. The normalized spacial score (nSPS) is 13.2. The molecule has 0 spiro atoms. The standard InChI is InChI=1S/C18H23F3N4S.HI/c1-22-17(24-12-15(25(2)3)16-5-4-10-26-16)23-11-13-6-8-14(9-7-13)18(19,20)21;/h4-10,15H,11-12H2,1-3H3,(H2,22,23,24);1H. The Labute approximate surface area is 178 Å². The van der Waals surface area contributed by atoms with Crippen molar-refractivity contribution in [3.63, 3.8) is 0 Å². The van der Waals surface area contributed by atoms with Gasteiger partial charge in [-0.15, -0.1) is 35.3 Å². The molecule has 0 aliphatic carbocycles. The van der Waals surface area contributed by atoms with Gasteiger partial charge in [-0.3, -0.25) is 4.99 Å². The van der Waals surface area contributed by atoms with Gasteiger partial charge in [0, 0.05) is 25.0 Å². The number of nitrogens with zero attached hydrogens (tertiary/aromatic N) is 2. The van der Waals surface area contributed by atoms with Crippen LogP contribution in [0, 0.1) is 0 Å². The van der Waals surface area contributed by atoms with Crippen molar-refractivity contribution >= 4 is 41.3 Å². The molecule has 0 radical (unpaired) electrons. The zero-order valence-corrected chi connectivity index (χ0v) is 18.5. The summed E-state index contributed by atoms with van der Waals surface area (Å²) in [7, 11) is 5.70. The van der Waals surface area contributed by atoms with Crippen molar-refractivity contribution in [2.45, 2.75) is 18.8 Å². The number of hydrogen-bond donors (Lipinski definition) is 2. The lowest BCUT2D eigenvalue weighted by Gasteiger charge is -2.24. The number of likely N-dealkylation sites (N-methyl/N-ethyl adjacent to an activating group) is 1. The molecular weight excluding hydrogens is 488 g/mol. The molecule has 0 aliphatic rings. The van der Waals surface area contributed by atoms with Gasteiger partial charge in [0.2, 0.25) is 0 Å². The largest absolute Gasteiger partial charge is 0.416 e. The Morgan fingerprint density at radius 2 is 1.81 bits per heavy atom. The summed E-state index contributed by atoms with van der Waals surface area (Å²) in [6.07, 6.45) is -4.31. The molecule has 1 heterocycles. The first-order chi connectivity index (χ1) is 12.3. The van der Waals surface area contributed by atoms with Crippen LogP contribution in [0.2, 0.25) is 0 Å². The molecule has 2 N–H and O–H groups in total. The van der Waals surface area contributed by atoms with Gasteiger partial charge in [0.05, 0.1) is 11.6 Å². The van der Waals surface area contributed by atoms with Crippen molar-refractivity contribution in [2.24, 2.45) is 4.99 Å². The lowest BCUT2D eigenvalue weighted by molar-refractivity contribution is -0.137. The molecule has 0 saturated heterocycles. The van der Waals surface area contributed by atoms with Crippen LogP contribution >= 0.6 is 35.3 Å². The van der Waals surface area contributed by atoms with Gasteiger partial charge in [-0.2, -0.15) is 13.2 Å². The summed E-state index contributed by atoms with van der Waals surface area (Å²) in [6.45, 7) is 1.06. The molecule has 150 valence electrons. The molecule has 4 nitrogen and oxygen atoms in total. The molecule has 0 saturated carbocycles. The highest BCUT2D eigenvalue weighted by atomic mass is 127. The minimum Gasteiger partial charge on any atom is -0.354 e. The van der Waals surface area contributed by atoms with Crippen molar-refractivity contribution in [3.05, 3.63) is 57.8 Å². The molecule has 0 amide bonds. The van der Waals surface area contributed by atoms with Gasteiger partial charge in [0.25, 0.3) is 0 Å². The molecule has 27 heavy (non-hydrogen) atoms. The van der Waals surface area contributed by atoms with Crippen LogP contribution in [0.1, 0.15) is 22.0 Å². The van der Waals surface area contributed by atoms with Gasteiger partial charge in [-0.05, 0) is 43.2 Å². The molecular formula is C18H24F3IN4S. The predicted octanol–water partition coefficient (Wildman–Crippen LogP) is 4.35. The van der Waals surface area contributed by atoms with E-state index >= 15 is 0 Å². The summed E-state index contributed by atoms with van der Waals surface area (Å²) in [5.74, 6) is 0.605. The lowest BCUT2D eigenvalue weighted by Crippen LogP contribution is -2.41. The summed E-state index contributed by atoms with van der Waals surface area (Å²) in [5, 5.41) is 8.44. The number of benzene rings is 1. The van der Waals surface area contributed by atoms with E-state index in [1.54, 1.807) is 18.4 Å². The van der Waals surface area contributed by atoms with E-state index in [2.05, 4.69) is 26.6 Å². The smallest absolute Gasteiger partial charge is 0.354 e. The summed E-state index contributed by atoms with van der Waals surface area (Å²) in [5.41, 5.74) is 0.108. The van der Waals surface area contributed by atoms with E-state index in [9.17, 15) is 13.2 Å². The highest BCUT2D eigenvalue weighted by Crippen LogP contribution is 2.29. The van der Waals surface area contributed by atoms with E-state index < -0.39 is 11.7 Å². The Morgan fingerprint density at radius 3 is 2.30 bits per heavy atom. The average molecular weight is 512 g/mol. The van der Waals surface area contributed by atoms with E-state index in [0.717, 1.165) is 17.7 Å². The SMILES string of the molecule is CN=C(NCc1ccc(C(F)(F)F)cc1)NCC(c1cccs1)N(C)C.I. The van der Waals surface area contributed by atoms with Crippen LogP contribution in [-0.4, -0.2) is 38.5 Å². The summed E-state index contributed by atoms with van der Waals surface area (Å²) >= 11 is 1.70. The van der Waals surface area contributed by atoms with E-state index in [4.69, 9.17) is 0 Å². The number of hydrogen-bond acceptors (Lipinski definition) is 3. The van der Waals surface area contributed by atoms with Gasteiger partial charge >= 0.3 is 6.18 Å². The number of halogens is 4. The summed E-state index contributed by atoms with van der Waals surface area (Å²) < 4.78 is 37.8. The Morgan fingerprint density at radius 1 is 1.15 bits per heavy atom. The van der Waals surface area contributed by atoms with Crippen LogP contribution in [0.25, 0.3) is 0 Å². The Bertz CT molecular complexity index is 700. The molecule has 0 aliphatic heterocycles. The Hall–Kier alpha value is -1.33. The fourth-order valence-corrected chi connectivity index (χ4v) is 3.35. The second-order valence-corrected chi connectivity index (χ2v) is 6.98. The topological polar surface area (TPSA) is 39.7 Å². The molecule has 1 unspecified atom stereocenters. The first-order valence-electron chi connectivity index (χ1n) is 8.11. The number of guanidine groups is 1. The summed E-state index contributed by atoms with van der Waals surface area (Å²) in [6, 6.07) is 9.44. The first-order valence-corrected chi connectivity index (χ1v) is 8.99. The maximum atomic E-state index is 12.6. The van der Waals surface area contributed by atoms with Crippen LogP contribution < -0.4 is 10.6 Å². The fraction of sp³-hybridized carbons (Fsp3) is 0.389. The van der Waals surface area contributed by atoms with Gasteiger partial charge in [0.1, 0.15) is 0 Å². The monoisotopic (exact) mass is 512 g/mol. The van der Waals surface area contributed by atoms with Crippen LogP contribution in [0.15, 0.2) is 46.8 Å². The number of aliphatic imine (C=N–C) groups is 1. The maximum absolute atomic E-state index is 12.6. The van der Waals surface area contributed by atoms with Crippen LogP contribution in [-0.2, 0) is 12.7 Å². The predicted molar refractivity (Wildman–Crippen MR) is 116 cm³/mol. The van der Waals surface area contributed by atoms with Gasteiger partial charge in [-0.1, -0.05) is 18.2 Å². The number of thiophene rings is 1. The fourth-order valence-electron chi connectivity index (χ4n) is 2.43. The molecule has 2 aromatic rings. The zero-order chi connectivity index (χ0) is 19.2. The minimum absolute atomic E-state index is 0. The summed E-state index contributed by atoms with van der Waals surface area (Å²) in [4.78, 5) is 7.55. The second kappa shape index (κ2) is 10.9. The van der Waals surface area contributed by atoms with Crippen LogP contribution in [0.3, 0.4) is 0 Å². The van der Waals surface area contributed by atoms with Crippen molar-refractivity contribution in [1.82, 2.24) is 15.5 Å². The zero-order valence-electron chi connectivity index (χ0n) is 15.4.